The van der Waals surface area contributed by atoms with Crippen molar-refractivity contribution in [3.63, 3.8) is 0 Å². The summed E-state index contributed by atoms with van der Waals surface area (Å²) in [5.41, 5.74) is 3.43. The number of carboxylic acid groups (broad SMARTS) is 1. The van der Waals surface area contributed by atoms with E-state index in [2.05, 4.69) is 4.98 Å². The number of hydrogen-bond donors (Lipinski definition) is 4. The number of rotatable bonds is 7. The maximum Gasteiger partial charge on any atom is 0.303 e. The highest BCUT2D eigenvalue weighted by molar-refractivity contribution is 5.93. The first-order valence-corrected chi connectivity index (χ1v) is 9.56. The molecule has 3 rings (SSSR count). The van der Waals surface area contributed by atoms with Crippen LogP contribution in [0.2, 0.25) is 0 Å². The van der Waals surface area contributed by atoms with Crippen LogP contribution in [0.25, 0.3) is 11.0 Å². The van der Waals surface area contributed by atoms with Crippen LogP contribution in [0.3, 0.4) is 0 Å². The van der Waals surface area contributed by atoms with Crippen LogP contribution < -0.4 is 5.73 Å². The summed E-state index contributed by atoms with van der Waals surface area (Å²) in [6.07, 6.45) is 0.301. The van der Waals surface area contributed by atoms with Crippen LogP contribution in [0.5, 0.6) is 0 Å². The molecule has 0 aromatic carbocycles. The van der Waals surface area contributed by atoms with Crippen molar-refractivity contribution in [2.75, 3.05) is 13.1 Å². The van der Waals surface area contributed by atoms with Crippen LogP contribution in [0, 0.1) is 5.41 Å². The number of fused-ring (bicyclic) bond motifs is 1. The number of amides is 2. The summed E-state index contributed by atoms with van der Waals surface area (Å²) in [7, 11) is 0. The minimum absolute atomic E-state index is 0.0158. The van der Waals surface area contributed by atoms with Gasteiger partial charge in [0.05, 0.1) is 19.5 Å². The van der Waals surface area contributed by atoms with Gasteiger partial charge in [-0.2, -0.15) is 0 Å². The van der Waals surface area contributed by atoms with Gasteiger partial charge in [0, 0.05) is 24.5 Å². The molecule has 0 spiro atoms. The number of likely N-dealkylation sites (tertiary alicyclic amines) is 1. The van der Waals surface area contributed by atoms with E-state index in [0.717, 1.165) is 5.39 Å². The van der Waals surface area contributed by atoms with Crippen LogP contribution in [0.4, 0.5) is 0 Å². The molecule has 162 valence electrons. The monoisotopic (exact) mass is 418 g/mol. The van der Waals surface area contributed by atoms with E-state index < -0.39 is 29.0 Å². The van der Waals surface area contributed by atoms with Gasteiger partial charge in [0.1, 0.15) is 23.0 Å². The number of hydrogen-bond acceptors (Lipinski definition) is 6. The van der Waals surface area contributed by atoms with Gasteiger partial charge in [-0.05, 0) is 23.6 Å². The average molecular weight is 418 g/mol. The Morgan fingerprint density at radius 2 is 1.97 bits per heavy atom. The number of carbonyl (C=O) groups is 3. The third-order valence-electron chi connectivity index (χ3n) is 5.40. The lowest BCUT2D eigenvalue weighted by Gasteiger charge is -2.28. The Balaban J connectivity index is 1.77. The Morgan fingerprint density at radius 3 is 2.60 bits per heavy atom. The normalized spacial score (nSPS) is 21.9. The smallest absolute Gasteiger partial charge is 0.303 e. The highest BCUT2D eigenvalue weighted by Crippen LogP contribution is 2.30. The summed E-state index contributed by atoms with van der Waals surface area (Å²) in [6, 6.07) is 4.96. The molecule has 10 heteroatoms. The summed E-state index contributed by atoms with van der Waals surface area (Å²) < 4.78 is 1.60. The number of primary amides is 1. The minimum Gasteiger partial charge on any atom is -0.481 e. The van der Waals surface area contributed by atoms with Gasteiger partial charge in [0.2, 0.25) is 5.91 Å². The molecule has 0 saturated carbocycles. The molecule has 1 fully saturated rings. The van der Waals surface area contributed by atoms with E-state index >= 15 is 0 Å². The first-order chi connectivity index (χ1) is 13.9. The maximum atomic E-state index is 12.7. The Morgan fingerprint density at radius 1 is 1.27 bits per heavy atom. The molecular weight excluding hydrogens is 392 g/mol. The van der Waals surface area contributed by atoms with E-state index in [1.807, 2.05) is 0 Å². The first kappa shape index (κ1) is 21.7. The third-order valence-corrected chi connectivity index (χ3v) is 5.40. The van der Waals surface area contributed by atoms with Gasteiger partial charge in [-0.1, -0.05) is 13.8 Å². The number of nitrogens with zero attached hydrogens (tertiary/aromatic N) is 3. The molecule has 5 N–H and O–H groups in total. The van der Waals surface area contributed by atoms with Crippen molar-refractivity contribution in [3.05, 3.63) is 30.1 Å². The number of aromatic nitrogens is 2. The van der Waals surface area contributed by atoms with Gasteiger partial charge >= 0.3 is 5.97 Å². The molecule has 0 unspecified atom stereocenters. The van der Waals surface area contributed by atoms with Crippen LogP contribution in [0.15, 0.2) is 24.4 Å². The molecule has 1 aliphatic heterocycles. The second-order valence-electron chi connectivity index (χ2n) is 8.72. The summed E-state index contributed by atoms with van der Waals surface area (Å²) in [5.74, 6) is -2.00. The predicted octanol–water partition coefficient (Wildman–Crippen LogP) is -0.0396. The summed E-state index contributed by atoms with van der Waals surface area (Å²) in [6.45, 7) is 3.16. The topological polar surface area (TPSA) is 159 Å². The molecule has 1 saturated heterocycles. The van der Waals surface area contributed by atoms with Gasteiger partial charge in [-0.3, -0.25) is 14.4 Å². The number of pyridine rings is 1. The van der Waals surface area contributed by atoms with Crippen molar-refractivity contribution >= 4 is 28.8 Å². The molecule has 2 aromatic heterocycles. The second kappa shape index (κ2) is 7.69. The molecule has 0 radical (unpaired) electrons. The molecule has 2 amide bonds. The predicted molar refractivity (Wildman–Crippen MR) is 106 cm³/mol. The highest BCUT2D eigenvalue weighted by atomic mass is 16.4. The summed E-state index contributed by atoms with van der Waals surface area (Å²) >= 11 is 0. The number of carboxylic acids is 1. The largest absolute Gasteiger partial charge is 0.481 e. The number of aliphatic carboxylic acids is 1. The Hall–Kier alpha value is -2.98. The minimum atomic E-state index is -1.62. The van der Waals surface area contributed by atoms with Crippen molar-refractivity contribution in [3.8, 4) is 0 Å². The fourth-order valence-electron chi connectivity index (χ4n) is 3.84. The number of aliphatic hydroxyl groups is 2. The second-order valence-corrected chi connectivity index (χ2v) is 8.72. The zero-order chi connectivity index (χ0) is 22.3. The van der Waals surface area contributed by atoms with Crippen molar-refractivity contribution in [1.82, 2.24) is 14.5 Å². The van der Waals surface area contributed by atoms with Crippen molar-refractivity contribution in [1.29, 1.82) is 0 Å². The Labute approximate surface area is 172 Å². The quantitative estimate of drug-likeness (QED) is 0.491. The van der Waals surface area contributed by atoms with Crippen molar-refractivity contribution in [2.24, 2.45) is 11.1 Å². The van der Waals surface area contributed by atoms with Crippen LogP contribution in [0.1, 0.15) is 37.2 Å². The lowest BCUT2D eigenvalue weighted by atomic mass is 9.85. The maximum absolute atomic E-state index is 12.7. The van der Waals surface area contributed by atoms with E-state index in [9.17, 15) is 24.6 Å². The summed E-state index contributed by atoms with van der Waals surface area (Å²) in [4.78, 5) is 40.6. The molecule has 2 atom stereocenters. The Kier molecular flexibility index (Phi) is 5.57. The van der Waals surface area contributed by atoms with Gasteiger partial charge in [0.25, 0.3) is 5.91 Å². The van der Waals surface area contributed by atoms with Gasteiger partial charge < -0.3 is 30.5 Å². The molecular formula is C20H26N4O6. The standard InChI is InChI=1S/C20H26N4O6/c1-19(2,8-16(27)28)7-15(26)24-9-14(25)20(30,11-24)10-23-6-5-12-3-4-13(17(21)29)22-18(12)23/h3-6,14,25,30H,7-11H2,1-2H3,(H2,21,29)(H,27,28)/t14-,20+/m0/s1. The molecule has 10 nitrogen and oxygen atoms in total. The molecule has 0 aliphatic carbocycles. The number of aliphatic hydroxyl groups excluding tert-OH is 1. The van der Waals surface area contributed by atoms with Gasteiger partial charge in [0.15, 0.2) is 0 Å². The van der Waals surface area contributed by atoms with E-state index in [1.165, 1.54) is 11.0 Å². The fraction of sp³-hybridized carbons (Fsp3) is 0.500. The fourth-order valence-corrected chi connectivity index (χ4v) is 3.84. The molecule has 2 aromatic rings. The average Bonchev–Trinajstić information content (AvgIpc) is 3.14. The zero-order valence-electron chi connectivity index (χ0n) is 16.9. The van der Waals surface area contributed by atoms with E-state index in [1.54, 1.807) is 36.7 Å². The van der Waals surface area contributed by atoms with Crippen LogP contribution in [-0.2, 0) is 16.1 Å². The third kappa shape index (κ3) is 4.44. The zero-order valence-corrected chi connectivity index (χ0v) is 16.9. The highest BCUT2D eigenvalue weighted by Gasteiger charge is 2.47. The van der Waals surface area contributed by atoms with E-state index in [4.69, 9.17) is 10.8 Å². The van der Waals surface area contributed by atoms with Crippen LogP contribution >= 0.6 is 0 Å². The van der Waals surface area contributed by atoms with Gasteiger partial charge in [-0.25, -0.2) is 4.98 Å². The SMILES string of the molecule is CC(C)(CC(=O)O)CC(=O)N1C[C@H](O)[C@@](O)(Cn2ccc3ccc(C(N)=O)nc32)C1. The first-order valence-electron chi connectivity index (χ1n) is 9.56. The summed E-state index contributed by atoms with van der Waals surface area (Å²) in [5, 5.41) is 31.3. The van der Waals surface area contributed by atoms with E-state index in [0.29, 0.717) is 5.65 Å². The number of carbonyl (C=O) groups excluding carboxylic acids is 2. The van der Waals surface area contributed by atoms with Gasteiger partial charge in [-0.15, -0.1) is 0 Å². The lowest BCUT2D eigenvalue weighted by molar-refractivity contribution is -0.140. The van der Waals surface area contributed by atoms with E-state index in [-0.39, 0.29) is 44.1 Å². The molecule has 30 heavy (non-hydrogen) atoms. The molecule has 3 heterocycles. The van der Waals surface area contributed by atoms with Crippen LogP contribution in [-0.4, -0.2) is 72.3 Å². The number of nitrogens with two attached hydrogens (primary N) is 1. The molecule has 1 aliphatic rings. The number of β-amino-alcohol motifs (C(OH)–C–C–N with tert-alkyl or cyclic N) is 2. The van der Waals surface area contributed by atoms with Crippen molar-refractivity contribution in [2.45, 2.75) is 44.9 Å². The van der Waals surface area contributed by atoms with Crippen molar-refractivity contribution < 1.29 is 29.7 Å². The lowest BCUT2D eigenvalue weighted by Crippen LogP contribution is -2.46. The molecule has 0 bridgehead atoms. The Bertz CT molecular complexity index is 1000.